The van der Waals surface area contributed by atoms with Gasteiger partial charge in [-0.05, 0) is 116 Å². The third-order valence-electron chi connectivity index (χ3n) is 10.6. The van der Waals surface area contributed by atoms with E-state index in [0.717, 1.165) is 109 Å². The van der Waals surface area contributed by atoms with Gasteiger partial charge in [-0.15, -0.1) is 0 Å². The van der Waals surface area contributed by atoms with E-state index in [4.69, 9.17) is 23.3 Å². The SMILES string of the molecule is CC/C=C\C/C=C\C/C=C\C/C=C\C/C=C\CC(=O)OCC(COP(=O)(O)OCC(CO)OC(=O)CCCCCCC/C=C\C/C=C\CCCCC)OC(=O)CCCC/C=C\C/C=C\C/C=C\C/C=C\CC. The molecule has 0 aliphatic heterocycles. The van der Waals surface area contributed by atoms with E-state index in [0.29, 0.717) is 19.3 Å². The van der Waals surface area contributed by atoms with Crippen LogP contribution in [0.3, 0.4) is 0 Å². The number of phosphoric ester groups is 1. The standard InChI is InChI=1S/C60H95O11P/c1-4-7-10-13-16-19-22-25-28-31-34-37-40-43-46-49-58(62)67-53-57(71-60(64)51-48-45-42-39-36-33-30-27-24-21-18-15-12-9-6-3)55-69-72(65,66)68-54-56(52-61)70-59(63)50-47-44-41-38-35-32-29-26-23-20-17-14-11-8-5-2/h7,9-10,12,16-21,25-30,34,36-37,39,43,46,56-57,61H,4-6,8,11,13-15,22-24,31-33,35,38,40-42,44-45,47-55H2,1-3H3,(H,65,66)/b10-7-,12-9-,19-16-,20-17-,21-18-,28-25-,29-26-,30-27-,37-34-,39-36-,46-43-. The summed E-state index contributed by atoms with van der Waals surface area (Å²) in [6.07, 6.45) is 65.9. The smallest absolute Gasteiger partial charge is 0.461 e. The molecular formula is C60H95O11P. The van der Waals surface area contributed by atoms with Gasteiger partial charge in [-0.1, -0.05) is 187 Å². The fraction of sp³-hybridized carbons (Fsp3) is 0.583. The molecule has 3 atom stereocenters. The molecule has 0 bridgehead atoms. The Morgan fingerprint density at radius 2 is 0.764 bits per heavy atom. The molecule has 0 heterocycles. The average Bonchev–Trinajstić information content (AvgIpc) is 3.37. The largest absolute Gasteiger partial charge is 0.472 e. The molecular weight excluding hydrogens is 928 g/mol. The van der Waals surface area contributed by atoms with Gasteiger partial charge in [-0.2, -0.15) is 0 Å². The third-order valence-corrected chi connectivity index (χ3v) is 11.5. The molecule has 12 heteroatoms. The first-order valence-electron chi connectivity index (χ1n) is 27.1. The Morgan fingerprint density at radius 3 is 1.21 bits per heavy atom. The Balaban J connectivity index is 4.93. The van der Waals surface area contributed by atoms with E-state index in [-0.39, 0.29) is 19.3 Å². The van der Waals surface area contributed by atoms with Crippen molar-refractivity contribution >= 4 is 25.7 Å². The van der Waals surface area contributed by atoms with E-state index in [1.165, 1.54) is 19.3 Å². The zero-order valence-electron chi connectivity index (χ0n) is 44.6. The van der Waals surface area contributed by atoms with Crippen LogP contribution < -0.4 is 0 Å². The van der Waals surface area contributed by atoms with Gasteiger partial charge in [0.2, 0.25) is 0 Å². The van der Waals surface area contributed by atoms with Crippen molar-refractivity contribution in [3.8, 4) is 0 Å². The Labute approximate surface area is 436 Å². The summed E-state index contributed by atoms with van der Waals surface area (Å²) in [6.45, 7) is 4.18. The molecule has 0 rings (SSSR count). The van der Waals surface area contributed by atoms with Crippen LogP contribution in [-0.2, 0) is 42.2 Å². The summed E-state index contributed by atoms with van der Waals surface area (Å²) >= 11 is 0. The van der Waals surface area contributed by atoms with Crippen LogP contribution in [-0.4, -0.2) is 66.5 Å². The van der Waals surface area contributed by atoms with E-state index in [9.17, 15) is 28.9 Å². The summed E-state index contributed by atoms with van der Waals surface area (Å²) in [5.74, 6) is -1.70. The fourth-order valence-electron chi connectivity index (χ4n) is 6.51. The second-order valence-corrected chi connectivity index (χ2v) is 18.7. The van der Waals surface area contributed by atoms with Crippen molar-refractivity contribution in [3.05, 3.63) is 134 Å². The van der Waals surface area contributed by atoms with Crippen LogP contribution in [0.2, 0.25) is 0 Å². The molecule has 0 fully saturated rings. The molecule has 0 amide bonds. The van der Waals surface area contributed by atoms with Crippen molar-refractivity contribution in [1.29, 1.82) is 0 Å². The van der Waals surface area contributed by atoms with Crippen LogP contribution in [0, 0.1) is 0 Å². The minimum absolute atomic E-state index is 0.0230. The number of hydrogen-bond donors (Lipinski definition) is 2. The lowest BCUT2D eigenvalue weighted by Crippen LogP contribution is -2.30. The minimum atomic E-state index is -4.79. The zero-order valence-corrected chi connectivity index (χ0v) is 45.5. The molecule has 0 aromatic heterocycles. The molecule has 11 nitrogen and oxygen atoms in total. The highest BCUT2D eigenvalue weighted by Gasteiger charge is 2.28. The number of unbranched alkanes of at least 4 members (excludes halogenated alkanes) is 10. The number of carbonyl (C=O) groups is 3. The van der Waals surface area contributed by atoms with Crippen molar-refractivity contribution in [1.82, 2.24) is 0 Å². The molecule has 0 spiro atoms. The molecule has 0 aromatic carbocycles. The molecule has 3 unspecified atom stereocenters. The van der Waals surface area contributed by atoms with Gasteiger partial charge < -0.3 is 24.2 Å². The maximum atomic E-state index is 12.9. The van der Waals surface area contributed by atoms with E-state index >= 15 is 0 Å². The summed E-state index contributed by atoms with van der Waals surface area (Å²) in [6, 6.07) is 0. The first kappa shape index (κ1) is 67.6. The topological polar surface area (TPSA) is 155 Å². The Morgan fingerprint density at radius 1 is 0.417 bits per heavy atom. The lowest BCUT2D eigenvalue weighted by molar-refractivity contribution is -0.161. The quantitative estimate of drug-likeness (QED) is 0.0197. The summed E-state index contributed by atoms with van der Waals surface area (Å²) in [7, 11) is -4.79. The molecule has 0 aromatic rings. The van der Waals surface area contributed by atoms with E-state index in [1.807, 2.05) is 12.2 Å². The number of aliphatic hydroxyl groups is 1. The second-order valence-electron chi connectivity index (χ2n) is 17.3. The summed E-state index contributed by atoms with van der Waals surface area (Å²) in [5.41, 5.74) is 0. The van der Waals surface area contributed by atoms with Crippen molar-refractivity contribution in [2.45, 2.75) is 200 Å². The molecule has 0 radical (unpaired) electrons. The zero-order chi connectivity index (χ0) is 52.7. The molecule has 0 aliphatic rings. The maximum Gasteiger partial charge on any atom is 0.472 e. The van der Waals surface area contributed by atoms with Gasteiger partial charge in [0.1, 0.15) is 12.7 Å². The van der Waals surface area contributed by atoms with E-state index < -0.39 is 64.4 Å². The van der Waals surface area contributed by atoms with Crippen molar-refractivity contribution < 1.29 is 52.2 Å². The lowest BCUT2D eigenvalue weighted by Gasteiger charge is -2.21. The monoisotopic (exact) mass is 1020 g/mol. The average molecular weight is 1020 g/mol. The molecule has 406 valence electrons. The van der Waals surface area contributed by atoms with Gasteiger partial charge in [0.15, 0.2) is 6.10 Å². The fourth-order valence-corrected chi connectivity index (χ4v) is 7.29. The number of aliphatic hydroxyl groups excluding tert-OH is 1. The van der Waals surface area contributed by atoms with Gasteiger partial charge in [0.05, 0.1) is 26.2 Å². The number of rotatable bonds is 48. The molecule has 72 heavy (non-hydrogen) atoms. The van der Waals surface area contributed by atoms with Crippen LogP contribution >= 0.6 is 7.82 Å². The van der Waals surface area contributed by atoms with Crippen LogP contribution in [0.25, 0.3) is 0 Å². The van der Waals surface area contributed by atoms with Crippen LogP contribution in [0.1, 0.15) is 188 Å². The van der Waals surface area contributed by atoms with Gasteiger partial charge in [0.25, 0.3) is 0 Å². The van der Waals surface area contributed by atoms with Crippen LogP contribution in [0.5, 0.6) is 0 Å². The maximum absolute atomic E-state index is 12.9. The summed E-state index contributed by atoms with van der Waals surface area (Å²) in [5, 5.41) is 9.79. The van der Waals surface area contributed by atoms with Crippen molar-refractivity contribution in [2.75, 3.05) is 26.4 Å². The van der Waals surface area contributed by atoms with Crippen LogP contribution in [0.15, 0.2) is 134 Å². The first-order valence-corrected chi connectivity index (χ1v) is 28.6. The number of carbonyl (C=O) groups excluding carboxylic acids is 3. The van der Waals surface area contributed by atoms with Gasteiger partial charge in [-0.25, -0.2) is 4.57 Å². The number of allylic oxidation sites excluding steroid dienone is 21. The predicted molar refractivity (Wildman–Crippen MR) is 297 cm³/mol. The number of hydrogen-bond acceptors (Lipinski definition) is 10. The highest BCUT2D eigenvalue weighted by atomic mass is 31.2. The number of phosphoric acid groups is 1. The second kappa shape index (κ2) is 52.9. The Kier molecular flexibility index (Phi) is 49.7. The Bertz CT molecular complexity index is 1710. The van der Waals surface area contributed by atoms with Gasteiger partial charge in [-0.3, -0.25) is 23.4 Å². The summed E-state index contributed by atoms with van der Waals surface area (Å²) < 4.78 is 39.2. The van der Waals surface area contributed by atoms with Crippen LogP contribution in [0.4, 0.5) is 0 Å². The molecule has 0 saturated carbocycles. The minimum Gasteiger partial charge on any atom is -0.461 e. The third kappa shape index (κ3) is 50.6. The van der Waals surface area contributed by atoms with Gasteiger partial charge >= 0.3 is 25.7 Å². The van der Waals surface area contributed by atoms with E-state index in [1.54, 1.807) is 6.08 Å². The lowest BCUT2D eigenvalue weighted by atomic mass is 10.1. The number of esters is 3. The van der Waals surface area contributed by atoms with Crippen molar-refractivity contribution in [2.24, 2.45) is 0 Å². The normalized spacial score (nSPS) is 14.5. The molecule has 0 saturated heterocycles. The highest BCUT2D eigenvalue weighted by Crippen LogP contribution is 2.43. The van der Waals surface area contributed by atoms with Crippen molar-refractivity contribution in [3.63, 3.8) is 0 Å². The summed E-state index contributed by atoms with van der Waals surface area (Å²) in [4.78, 5) is 48.3. The Hall–Kier alpha value is -4.38. The first-order chi connectivity index (χ1) is 35.2. The number of ether oxygens (including phenoxy) is 3. The molecule has 2 N–H and O–H groups in total. The molecule has 0 aliphatic carbocycles. The van der Waals surface area contributed by atoms with Gasteiger partial charge in [0, 0.05) is 12.8 Å². The highest BCUT2D eigenvalue weighted by molar-refractivity contribution is 7.47. The van der Waals surface area contributed by atoms with E-state index in [2.05, 4.69) is 136 Å². The predicted octanol–water partition coefficient (Wildman–Crippen LogP) is 15.8.